The summed E-state index contributed by atoms with van der Waals surface area (Å²) in [5.74, 6) is 0. The van der Waals surface area contributed by atoms with Crippen molar-refractivity contribution < 1.29 is 0 Å². The Morgan fingerprint density at radius 1 is 0.647 bits per heavy atom. The highest BCUT2D eigenvalue weighted by Gasteiger charge is 1.99. The maximum Gasteiger partial charge on any atom is 0.0490 e. The van der Waals surface area contributed by atoms with Gasteiger partial charge in [0.05, 0.1) is 0 Å². The summed E-state index contributed by atoms with van der Waals surface area (Å²) in [7, 11) is 0. The lowest BCUT2D eigenvalue weighted by molar-refractivity contribution is 1.38. The first-order valence-electron chi connectivity index (χ1n) is 5.58. The zero-order valence-corrected chi connectivity index (χ0v) is 9.98. The molecule has 4 rings (SSSR count). The molecule has 82 valence electrons. The van der Waals surface area contributed by atoms with Crippen molar-refractivity contribution in [1.29, 1.82) is 0 Å². The highest BCUT2D eigenvalue weighted by Crippen LogP contribution is 2.20. The number of hydrogen-bond acceptors (Lipinski definition) is 0. The van der Waals surface area contributed by atoms with E-state index >= 15 is 0 Å². The molecular formula is C16H11Cl. The van der Waals surface area contributed by atoms with Crippen LogP contribution in [0, 0.1) is 10.4 Å². The van der Waals surface area contributed by atoms with Crippen LogP contribution in [0.5, 0.6) is 0 Å². The van der Waals surface area contributed by atoms with E-state index in [1.165, 1.54) is 21.2 Å². The van der Waals surface area contributed by atoms with E-state index in [2.05, 4.69) is 54.6 Å². The molecular weight excluding hydrogens is 228 g/mol. The Morgan fingerprint density at radius 3 is 1.35 bits per heavy atom. The van der Waals surface area contributed by atoms with E-state index in [1.807, 2.05) is 12.1 Å². The van der Waals surface area contributed by atoms with Crippen LogP contribution >= 0.6 is 11.6 Å². The predicted molar refractivity (Wildman–Crippen MR) is 73.1 cm³/mol. The van der Waals surface area contributed by atoms with Gasteiger partial charge in [0, 0.05) is 10.2 Å². The van der Waals surface area contributed by atoms with Crippen molar-refractivity contribution in [1.82, 2.24) is 0 Å². The molecule has 0 atom stereocenters. The van der Waals surface area contributed by atoms with E-state index in [1.54, 1.807) is 0 Å². The molecule has 2 aromatic carbocycles. The molecule has 0 aromatic heterocycles. The molecule has 1 heteroatoms. The third-order valence-electron chi connectivity index (χ3n) is 2.94. The molecule has 0 unspecified atom stereocenters. The predicted octanol–water partition coefficient (Wildman–Crippen LogP) is 4.78. The number of hydrogen-bond donors (Lipinski definition) is 0. The van der Waals surface area contributed by atoms with Gasteiger partial charge >= 0.3 is 0 Å². The number of rotatable bonds is 0. The maximum absolute atomic E-state index is 5.60. The molecule has 0 bridgehead atoms. The van der Waals surface area contributed by atoms with E-state index < -0.39 is 0 Å². The minimum Gasteiger partial charge on any atom is -0.0836 e. The van der Waals surface area contributed by atoms with Crippen molar-refractivity contribution >= 4 is 22.4 Å². The molecule has 0 saturated heterocycles. The summed E-state index contributed by atoms with van der Waals surface area (Å²) in [5, 5.41) is 6.08. The summed E-state index contributed by atoms with van der Waals surface area (Å²) >= 11 is 5.60. The van der Waals surface area contributed by atoms with Crippen molar-refractivity contribution in [3.63, 3.8) is 0 Å². The van der Waals surface area contributed by atoms with E-state index in [0.717, 1.165) is 5.02 Å². The fraction of sp³-hybridized carbons (Fsp3) is 0. The van der Waals surface area contributed by atoms with Crippen LogP contribution in [0.2, 0.25) is 5.02 Å². The lowest BCUT2D eigenvalue weighted by Gasteiger charge is -2.01. The van der Waals surface area contributed by atoms with Crippen LogP contribution < -0.4 is 0 Å². The Balaban J connectivity index is 0.000000113. The van der Waals surface area contributed by atoms with Crippen molar-refractivity contribution in [2.45, 2.75) is 0 Å². The topological polar surface area (TPSA) is 0 Å². The first-order chi connectivity index (χ1) is 8.34. The van der Waals surface area contributed by atoms with E-state index in [4.69, 9.17) is 11.6 Å². The summed E-state index contributed by atoms with van der Waals surface area (Å²) in [6.07, 6.45) is 0. The van der Waals surface area contributed by atoms with Gasteiger partial charge in [0.2, 0.25) is 0 Å². The van der Waals surface area contributed by atoms with Gasteiger partial charge in [-0.15, -0.1) is 0 Å². The van der Waals surface area contributed by atoms with Gasteiger partial charge in [-0.1, -0.05) is 72.3 Å². The first-order valence-corrected chi connectivity index (χ1v) is 5.96. The molecule has 0 nitrogen and oxygen atoms in total. The standard InChI is InChI=1S/C10H8.C6H3Cl/c1-2-6-10-8-4-3-7-9(10)5-1;7-6-3-4-1-2-5(4)6/h1-8H;1-3H. The fourth-order valence-corrected chi connectivity index (χ4v) is 2.17. The number of halogens is 1. The summed E-state index contributed by atoms with van der Waals surface area (Å²) in [6, 6.07) is 22.8. The Hall–Kier alpha value is -1.79. The molecule has 0 saturated carbocycles. The molecule has 0 amide bonds. The molecule has 0 radical (unpaired) electrons. The Kier molecular flexibility index (Phi) is 2.58. The van der Waals surface area contributed by atoms with Gasteiger partial charge in [-0.3, -0.25) is 0 Å². The molecule has 2 aliphatic carbocycles. The molecule has 2 aromatic rings. The zero-order valence-electron chi connectivity index (χ0n) is 9.23. The average Bonchev–Trinajstić information content (AvgIpc) is 2.36. The van der Waals surface area contributed by atoms with Crippen molar-refractivity contribution in [3.05, 3.63) is 82.2 Å². The van der Waals surface area contributed by atoms with Gasteiger partial charge in [-0.2, -0.15) is 0 Å². The maximum atomic E-state index is 5.60. The van der Waals surface area contributed by atoms with Crippen LogP contribution in [0.1, 0.15) is 0 Å². The van der Waals surface area contributed by atoms with Gasteiger partial charge in [0.15, 0.2) is 0 Å². The zero-order chi connectivity index (χ0) is 11.7. The molecule has 2 aliphatic rings. The second-order valence-corrected chi connectivity index (χ2v) is 4.45. The second-order valence-electron chi connectivity index (χ2n) is 4.04. The third-order valence-corrected chi connectivity index (χ3v) is 3.25. The molecule has 17 heavy (non-hydrogen) atoms. The van der Waals surface area contributed by atoms with Crippen molar-refractivity contribution in [2.75, 3.05) is 0 Å². The smallest absolute Gasteiger partial charge is 0.0490 e. The summed E-state index contributed by atoms with van der Waals surface area (Å²) in [4.78, 5) is 0. The Labute approximate surface area is 105 Å². The molecule has 0 spiro atoms. The quantitative estimate of drug-likeness (QED) is 0.414. The fourth-order valence-electron chi connectivity index (χ4n) is 1.88. The van der Waals surface area contributed by atoms with Crippen LogP contribution in [0.15, 0.2) is 66.7 Å². The molecule has 0 N–H and O–H groups in total. The van der Waals surface area contributed by atoms with Crippen LogP contribution in [-0.2, 0) is 0 Å². The number of fused-ring (bicyclic) bond motifs is 1. The Morgan fingerprint density at radius 2 is 1.18 bits per heavy atom. The Bertz CT molecular complexity index is 694. The first kappa shape index (κ1) is 10.4. The highest BCUT2D eigenvalue weighted by molar-refractivity contribution is 6.31. The third kappa shape index (κ3) is 1.92. The van der Waals surface area contributed by atoms with E-state index in [-0.39, 0.29) is 0 Å². The van der Waals surface area contributed by atoms with Gasteiger partial charge in [-0.05, 0) is 22.1 Å². The minimum absolute atomic E-state index is 0.914. The van der Waals surface area contributed by atoms with E-state index in [9.17, 15) is 0 Å². The van der Waals surface area contributed by atoms with Crippen molar-refractivity contribution in [2.24, 2.45) is 0 Å². The van der Waals surface area contributed by atoms with Crippen LogP contribution in [0.25, 0.3) is 10.8 Å². The van der Waals surface area contributed by atoms with Gasteiger partial charge in [0.25, 0.3) is 0 Å². The van der Waals surface area contributed by atoms with Crippen molar-refractivity contribution in [3.8, 4) is 0 Å². The summed E-state index contributed by atoms with van der Waals surface area (Å²) in [5.41, 5.74) is 0. The average molecular weight is 239 g/mol. The second kappa shape index (κ2) is 4.23. The van der Waals surface area contributed by atoms with Gasteiger partial charge in [0.1, 0.15) is 0 Å². The molecule has 0 aliphatic heterocycles. The lowest BCUT2D eigenvalue weighted by atomic mass is 10.1. The SMILES string of the molecule is Clc1cc2ccc1=2.c1ccc2ccccc2c1. The summed E-state index contributed by atoms with van der Waals surface area (Å²) in [6.45, 7) is 0. The largest absolute Gasteiger partial charge is 0.0836 e. The monoisotopic (exact) mass is 238 g/mol. The van der Waals surface area contributed by atoms with E-state index in [0.29, 0.717) is 0 Å². The van der Waals surface area contributed by atoms with Gasteiger partial charge in [-0.25, -0.2) is 0 Å². The van der Waals surface area contributed by atoms with Crippen LogP contribution in [-0.4, -0.2) is 0 Å². The minimum atomic E-state index is 0.914. The normalized spacial score (nSPS) is 10.6. The van der Waals surface area contributed by atoms with Gasteiger partial charge < -0.3 is 0 Å². The summed E-state index contributed by atoms with van der Waals surface area (Å²) < 4.78 is 0. The highest BCUT2D eigenvalue weighted by atomic mass is 35.5. The lowest BCUT2D eigenvalue weighted by Crippen LogP contribution is -1.84. The van der Waals surface area contributed by atoms with Crippen LogP contribution in [0.4, 0.5) is 0 Å². The molecule has 0 heterocycles. The van der Waals surface area contributed by atoms with Crippen LogP contribution in [0.3, 0.4) is 0 Å². The molecule has 0 fully saturated rings. The number of benzene rings is 3.